The standard InChI is InChI=1S/C29H32Cl2N2O3/c1-4-20(2)32-29(35)27(17-21-10-6-5-7-11-21)33(19-22-12-8-13-23(16-22)36-3)28(34)18-24-25(30)14-9-15-26(24)31/h5-16,20,27H,4,17-19H2,1-3H3,(H,32,35)/t20-,27-/m1/s1. The second-order valence-electron chi connectivity index (χ2n) is 8.77. The van der Waals surface area contributed by atoms with E-state index in [-0.39, 0.29) is 30.8 Å². The fraction of sp³-hybridized carbons (Fsp3) is 0.310. The molecule has 0 fully saturated rings. The van der Waals surface area contributed by atoms with Gasteiger partial charge in [0.25, 0.3) is 0 Å². The minimum absolute atomic E-state index is 0.0234. The van der Waals surface area contributed by atoms with Gasteiger partial charge in [0.15, 0.2) is 0 Å². The summed E-state index contributed by atoms with van der Waals surface area (Å²) in [5, 5.41) is 3.91. The predicted molar refractivity (Wildman–Crippen MR) is 146 cm³/mol. The van der Waals surface area contributed by atoms with Gasteiger partial charge in [-0.05, 0) is 54.3 Å². The monoisotopic (exact) mass is 526 g/mol. The third kappa shape index (κ3) is 7.49. The molecular weight excluding hydrogens is 495 g/mol. The fourth-order valence-electron chi connectivity index (χ4n) is 3.92. The molecule has 0 aliphatic rings. The maximum atomic E-state index is 13.9. The summed E-state index contributed by atoms with van der Waals surface area (Å²) in [7, 11) is 1.60. The highest BCUT2D eigenvalue weighted by atomic mass is 35.5. The number of rotatable bonds is 11. The van der Waals surface area contributed by atoms with E-state index >= 15 is 0 Å². The van der Waals surface area contributed by atoms with Gasteiger partial charge in [0, 0.05) is 29.1 Å². The third-order valence-corrected chi connectivity index (χ3v) is 6.86. The van der Waals surface area contributed by atoms with Gasteiger partial charge in [0.1, 0.15) is 11.8 Å². The van der Waals surface area contributed by atoms with E-state index in [4.69, 9.17) is 27.9 Å². The first-order valence-corrected chi connectivity index (χ1v) is 12.8. The van der Waals surface area contributed by atoms with Gasteiger partial charge >= 0.3 is 0 Å². The van der Waals surface area contributed by atoms with E-state index in [9.17, 15) is 9.59 Å². The Morgan fingerprint density at radius 2 is 1.58 bits per heavy atom. The molecule has 0 aliphatic heterocycles. The Balaban J connectivity index is 2.02. The van der Waals surface area contributed by atoms with Crippen LogP contribution in [0.25, 0.3) is 0 Å². The number of halogens is 2. The average Bonchev–Trinajstić information content (AvgIpc) is 2.88. The van der Waals surface area contributed by atoms with Gasteiger partial charge in [-0.1, -0.05) is 78.7 Å². The van der Waals surface area contributed by atoms with Crippen LogP contribution in [-0.2, 0) is 29.0 Å². The first-order valence-electron chi connectivity index (χ1n) is 12.0. The summed E-state index contributed by atoms with van der Waals surface area (Å²) in [5.74, 6) is 0.237. The molecule has 3 rings (SSSR count). The molecule has 3 aromatic rings. The molecule has 36 heavy (non-hydrogen) atoms. The van der Waals surface area contributed by atoms with Gasteiger partial charge in [-0.2, -0.15) is 0 Å². The quantitative estimate of drug-likeness (QED) is 0.328. The molecule has 2 amide bonds. The number of nitrogens with one attached hydrogen (secondary N) is 1. The minimum atomic E-state index is -0.735. The van der Waals surface area contributed by atoms with Crippen molar-refractivity contribution in [2.75, 3.05) is 7.11 Å². The Labute approximate surface area is 223 Å². The highest BCUT2D eigenvalue weighted by molar-refractivity contribution is 6.36. The minimum Gasteiger partial charge on any atom is -0.497 e. The molecule has 0 heterocycles. The van der Waals surface area contributed by atoms with Gasteiger partial charge < -0.3 is 15.0 Å². The second kappa shape index (κ2) is 13.3. The number of benzene rings is 3. The summed E-state index contributed by atoms with van der Waals surface area (Å²) in [5.41, 5.74) is 2.35. The summed E-state index contributed by atoms with van der Waals surface area (Å²) >= 11 is 12.8. The molecule has 0 unspecified atom stereocenters. The lowest BCUT2D eigenvalue weighted by Crippen LogP contribution is -2.52. The van der Waals surface area contributed by atoms with Crippen molar-refractivity contribution in [2.45, 2.75) is 51.7 Å². The molecule has 0 aromatic heterocycles. The first-order chi connectivity index (χ1) is 17.3. The highest BCUT2D eigenvalue weighted by Gasteiger charge is 2.31. The highest BCUT2D eigenvalue weighted by Crippen LogP contribution is 2.26. The average molecular weight is 527 g/mol. The number of ether oxygens (including phenoxy) is 1. The number of carbonyl (C=O) groups excluding carboxylic acids is 2. The van der Waals surface area contributed by atoms with E-state index in [1.807, 2.05) is 68.4 Å². The van der Waals surface area contributed by atoms with Gasteiger partial charge in [-0.25, -0.2) is 0 Å². The molecule has 5 nitrogen and oxygen atoms in total. The lowest BCUT2D eigenvalue weighted by atomic mass is 10.0. The maximum Gasteiger partial charge on any atom is 0.243 e. The Morgan fingerprint density at radius 3 is 2.22 bits per heavy atom. The topological polar surface area (TPSA) is 58.6 Å². The Hall–Kier alpha value is -3.02. The number of carbonyl (C=O) groups is 2. The van der Waals surface area contributed by atoms with E-state index in [1.54, 1.807) is 30.2 Å². The summed E-state index contributed by atoms with van der Waals surface area (Å²) in [6, 6.07) is 21.6. The van der Waals surface area contributed by atoms with Crippen LogP contribution >= 0.6 is 23.2 Å². The Morgan fingerprint density at radius 1 is 0.944 bits per heavy atom. The van der Waals surface area contributed by atoms with Gasteiger partial charge in [0.05, 0.1) is 13.5 Å². The lowest BCUT2D eigenvalue weighted by Gasteiger charge is -2.32. The van der Waals surface area contributed by atoms with Crippen molar-refractivity contribution in [1.82, 2.24) is 10.2 Å². The molecule has 0 aliphatic carbocycles. The van der Waals surface area contributed by atoms with E-state index in [0.29, 0.717) is 27.8 Å². The molecule has 0 saturated carbocycles. The van der Waals surface area contributed by atoms with E-state index in [2.05, 4.69) is 5.32 Å². The smallest absolute Gasteiger partial charge is 0.243 e. The normalized spacial score (nSPS) is 12.5. The first kappa shape index (κ1) is 27.6. The number of hydrogen-bond donors (Lipinski definition) is 1. The molecule has 1 N–H and O–H groups in total. The van der Waals surface area contributed by atoms with Crippen molar-refractivity contribution in [3.63, 3.8) is 0 Å². The Kier molecular flexibility index (Phi) is 10.2. The number of methoxy groups -OCH3 is 1. The fourth-order valence-corrected chi connectivity index (χ4v) is 4.45. The zero-order valence-electron chi connectivity index (χ0n) is 20.8. The van der Waals surface area contributed by atoms with Gasteiger partial charge in [-0.3, -0.25) is 9.59 Å². The van der Waals surface area contributed by atoms with E-state index < -0.39 is 6.04 Å². The van der Waals surface area contributed by atoms with Crippen molar-refractivity contribution in [1.29, 1.82) is 0 Å². The maximum absolute atomic E-state index is 13.9. The zero-order chi connectivity index (χ0) is 26.1. The van der Waals surface area contributed by atoms with Crippen LogP contribution in [0.5, 0.6) is 5.75 Å². The summed E-state index contributed by atoms with van der Waals surface area (Å²) in [6.45, 7) is 4.19. The molecule has 7 heteroatoms. The van der Waals surface area contributed by atoms with Crippen molar-refractivity contribution in [3.05, 3.63) is 99.5 Å². The van der Waals surface area contributed by atoms with Crippen LogP contribution in [0, 0.1) is 0 Å². The molecule has 0 radical (unpaired) electrons. The summed E-state index contributed by atoms with van der Waals surface area (Å²) in [6.07, 6.45) is 1.13. The number of hydrogen-bond acceptors (Lipinski definition) is 3. The molecule has 3 aromatic carbocycles. The predicted octanol–water partition coefficient (Wildman–Crippen LogP) is 6.10. The SMILES string of the molecule is CC[C@@H](C)NC(=O)[C@@H](Cc1ccccc1)N(Cc1cccc(OC)c1)C(=O)Cc1c(Cl)cccc1Cl. The summed E-state index contributed by atoms with van der Waals surface area (Å²) in [4.78, 5) is 29.1. The number of amides is 2. The van der Waals surface area contributed by atoms with Crippen molar-refractivity contribution < 1.29 is 14.3 Å². The van der Waals surface area contributed by atoms with E-state index in [1.165, 1.54) is 0 Å². The van der Waals surface area contributed by atoms with Crippen LogP contribution in [0.1, 0.15) is 37.0 Å². The van der Waals surface area contributed by atoms with Crippen molar-refractivity contribution in [3.8, 4) is 5.75 Å². The molecule has 190 valence electrons. The Bertz CT molecular complexity index is 1150. The largest absolute Gasteiger partial charge is 0.497 e. The van der Waals surface area contributed by atoms with Crippen LogP contribution in [0.4, 0.5) is 0 Å². The lowest BCUT2D eigenvalue weighted by molar-refractivity contribution is -0.141. The second-order valence-corrected chi connectivity index (χ2v) is 9.59. The molecule has 0 bridgehead atoms. The van der Waals surface area contributed by atoms with Crippen LogP contribution in [-0.4, -0.2) is 35.9 Å². The molecular formula is C29H32Cl2N2O3. The summed E-state index contributed by atoms with van der Waals surface area (Å²) < 4.78 is 5.38. The van der Waals surface area contributed by atoms with Crippen molar-refractivity contribution >= 4 is 35.0 Å². The third-order valence-electron chi connectivity index (χ3n) is 6.15. The zero-order valence-corrected chi connectivity index (χ0v) is 22.4. The van der Waals surface area contributed by atoms with Crippen LogP contribution in [0.3, 0.4) is 0 Å². The van der Waals surface area contributed by atoms with Crippen LogP contribution in [0.15, 0.2) is 72.8 Å². The molecule has 0 saturated heterocycles. The molecule has 0 spiro atoms. The van der Waals surface area contributed by atoms with Crippen LogP contribution in [0.2, 0.25) is 10.0 Å². The molecule has 2 atom stereocenters. The van der Waals surface area contributed by atoms with Crippen molar-refractivity contribution in [2.24, 2.45) is 0 Å². The van der Waals surface area contributed by atoms with Crippen LogP contribution < -0.4 is 10.1 Å². The van der Waals surface area contributed by atoms with Gasteiger partial charge in [-0.15, -0.1) is 0 Å². The number of nitrogens with zero attached hydrogens (tertiary/aromatic N) is 1. The van der Waals surface area contributed by atoms with E-state index in [0.717, 1.165) is 17.5 Å². The van der Waals surface area contributed by atoms with Gasteiger partial charge in [0.2, 0.25) is 11.8 Å².